The van der Waals surface area contributed by atoms with Gasteiger partial charge in [0.05, 0.1) is 0 Å². The molecule has 1 aromatic heterocycles. The number of hydrogen-bond donors (Lipinski definition) is 1. The van der Waals surface area contributed by atoms with Crippen molar-refractivity contribution in [2.45, 2.75) is 12.8 Å². The van der Waals surface area contributed by atoms with Gasteiger partial charge in [-0.1, -0.05) is 18.2 Å². The van der Waals surface area contributed by atoms with E-state index in [1.54, 1.807) is 12.4 Å². The maximum atomic E-state index is 12.4. The van der Waals surface area contributed by atoms with Gasteiger partial charge in [0, 0.05) is 57.3 Å². The summed E-state index contributed by atoms with van der Waals surface area (Å²) in [6.45, 7) is 6.38. The Hall–Kier alpha value is -2.67. The maximum absolute atomic E-state index is 12.4. The van der Waals surface area contributed by atoms with Crippen molar-refractivity contribution in [3.63, 3.8) is 0 Å². The number of benzene rings is 1. The molecular weight excluding hydrogens is 340 g/mol. The highest BCUT2D eigenvalue weighted by Crippen LogP contribution is 2.27. The van der Waals surface area contributed by atoms with Crippen LogP contribution in [0.5, 0.6) is 0 Å². The maximum Gasteiger partial charge on any atom is 0.321 e. The van der Waals surface area contributed by atoms with Crippen LogP contribution >= 0.6 is 0 Å². The van der Waals surface area contributed by atoms with E-state index in [1.807, 2.05) is 29.2 Å². The second-order valence-electron chi connectivity index (χ2n) is 6.99. The van der Waals surface area contributed by atoms with Crippen LogP contribution in [0.3, 0.4) is 0 Å². The highest BCUT2D eigenvalue weighted by molar-refractivity contribution is 5.94. The second-order valence-corrected chi connectivity index (χ2v) is 6.99. The van der Waals surface area contributed by atoms with Gasteiger partial charge in [-0.3, -0.25) is 9.80 Å². The molecule has 0 radical (unpaired) electrons. The first-order chi connectivity index (χ1) is 13.3. The number of carbonyl (C=O) groups is 1. The summed E-state index contributed by atoms with van der Waals surface area (Å²) in [7, 11) is 0. The Morgan fingerprint density at radius 2 is 1.78 bits per heavy atom. The minimum Gasteiger partial charge on any atom is -0.338 e. The molecular formula is C20H26N6O. The molecule has 2 aromatic rings. The van der Waals surface area contributed by atoms with Crippen molar-refractivity contribution in [2.24, 2.45) is 0 Å². The number of hydrogen-bond acceptors (Lipinski definition) is 5. The summed E-state index contributed by atoms with van der Waals surface area (Å²) in [5.74, 6) is 0.815. The number of aromatic nitrogens is 2. The third-order valence-electron chi connectivity index (χ3n) is 5.27. The van der Waals surface area contributed by atoms with Crippen molar-refractivity contribution >= 4 is 17.7 Å². The van der Waals surface area contributed by atoms with Crippen LogP contribution in [-0.4, -0.2) is 66.7 Å². The molecule has 142 valence electrons. The summed E-state index contributed by atoms with van der Waals surface area (Å²) < 4.78 is 0. The van der Waals surface area contributed by atoms with Gasteiger partial charge in [0.1, 0.15) is 0 Å². The zero-order valence-corrected chi connectivity index (χ0v) is 15.5. The third-order valence-corrected chi connectivity index (χ3v) is 5.27. The molecule has 0 spiro atoms. The molecule has 1 aromatic carbocycles. The Morgan fingerprint density at radius 1 is 1.00 bits per heavy atom. The van der Waals surface area contributed by atoms with E-state index in [9.17, 15) is 4.79 Å². The molecule has 0 atom stereocenters. The van der Waals surface area contributed by atoms with Crippen LogP contribution in [0.4, 0.5) is 16.4 Å². The molecule has 1 saturated heterocycles. The largest absolute Gasteiger partial charge is 0.338 e. The second kappa shape index (κ2) is 8.35. The minimum absolute atomic E-state index is 0.0194. The number of nitrogens with zero attached hydrogens (tertiary/aromatic N) is 5. The smallest absolute Gasteiger partial charge is 0.321 e. The normalized spacial score (nSPS) is 17.0. The van der Waals surface area contributed by atoms with Crippen molar-refractivity contribution in [1.82, 2.24) is 20.2 Å². The fourth-order valence-corrected chi connectivity index (χ4v) is 3.77. The van der Waals surface area contributed by atoms with Gasteiger partial charge in [0.2, 0.25) is 5.95 Å². The van der Waals surface area contributed by atoms with Gasteiger partial charge in [0.25, 0.3) is 0 Å². The third kappa shape index (κ3) is 4.19. The number of anilines is 2. The van der Waals surface area contributed by atoms with Gasteiger partial charge in [-0.05, 0) is 37.1 Å². The lowest BCUT2D eigenvalue weighted by Crippen LogP contribution is -2.47. The molecule has 7 heteroatoms. The fraction of sp³-hybridized carbons (Fsp3) is 0.450. The minimum atomic E-state index is 0.0194. The van der Waals surface area contributed by atoms with E-state index in [-0.39, 0.29) is 6.03 Å². The SMILES string of the molecule is O=C(NCCCN1CCN(c2ncccn2)CC1)N1CCc2ccccc21. The van der Waals surface area contributed by atoms with Gasteiger partial charge in [-0.2, -0.15) is 0 Å². The number of rotatable bonds is 5. The van der Waals surface area contributed by atoms with Gasteiger partial charge in [-0.15, -0.1) is 0 Å². The molecule has 27 heavy (non-hydrogen) atoms. The Bertz CT molecular complexity index is 760. The van der Waals surface area contributed by atoms with Crippen molar-refractivity contribution in [3.8, 4) is 0 Å². The van der Waals surface area contributed by atoms with Crippen molar-refractivity contribution in [2.75, 3.05) is 55.6 Å². The number of fused-ring (bicyclic) bond motifs is 1. The zero-order chi connectivity index (χ0) is 18.5. The number of carbonyl (C=O) groups excluding carboxylic acids is 1. The van der Waals surface area contributed by atoms with Crippen LogP contribution in [0, 0.1) is 0 Å². The molecule has 0 saturated carbocycles. The monoisotopic (exact) mass is 366 g/mol. The summed E-state index contributed by atoms with van der Waals surface area (Å²) >= 11 is 0. The molecule has 2 aliphatic rings. The summed E-state index contributed by atoms with van der Waals surface area (Å²) in [5.41, 5.74) is 2.31. The van der Waals surface area contributed by atoms with Crippen molar-refractivity contribution in [1.29, 1.82) is 0 Å². The van der Waals surface area contributed by atoms with Crippen LogP contribution in [0.15, 0.2) is 42.7 Å². The van der Waals surface area contributed by atoms with E-state index in [4.69, 9.17) is 0 Å². The number of nitrogens with one attached hydrogen (secondary N) is 1. The van der Waals surface area contributed by atoms with Crippen LogP contribution in [0.2, 0.25) is 0 Å². The van der Waals surface area contributed by atoms with Crippen LogP contribution in [0.1, 0.15) is 12.0 Å². The van der Waals surface area contributed by atoms with Gasteiger partial charge < -0.3 is 10.2 Å². The van der Waals surface area contributed by atoms with Gasteiger partial charge >= 0.3 is 6.03 Å². The average Bonchev–Trinajstić information content (AvgIpc) is 3.16. The van der Waals surface area contributed by atoms with E-state index in [0.29, 0.717) is 6.54 Å². The van der Waals surface area contributed by atoms with Gasteiger partial charge in [-0.25, -0.2) is 14.8 Å². The summed E-state index contributed by atoms with van der Waals surface area (Å²) in [5, 5.41) is 3.07. The molecule has 3 heterocycles. The Kier molecular flexibility index (Phi) is 5.48. The average molecular weight is 366 g/mol. The molecule has 0 unspecified atom stereocenters. The number of piperazine rings is 1. The first-order valence-electron chi connectivity index (χ1n) is 9.69. The molecule has 0 aliphatic carbocycles. The van der Waals surface area contributed by atoms with Crippen LogP contribution < -0.4 is 15.1 Å². The Morgan fingerprint density at radius 3 is 2.59 bits per heavy atom. The molecule has 4 rings (SSSR count). The lowest BCUT2D eigenvalue weighted by molar-refractivity contribution is 0.240. The lowest BCUT2D eigenvalue weighted by atomic mass is 10.2. The number of amides is 2. The quantitative estimate of drug-likeness (QED) is 0.817. The molecule has 2 aliphatic heterocycles. The molecule has 2 amide bonds. The predicted molar refractivity (Wildman–Crippen MR) is 106 cm³/mol. The van der Waals surface area contributed by atoms with Crippen molar-refractivity contribution < 1.29 is 4.79 Å². The van der Waals surface area contributed by atoms with E-state index < -0.39 is 0 Å². The first kappa shape index (κ1) is 17.7. The lowest BCUT2D eigenvalue weighted by Gasteiger charge is -2.34. The van der Waals surface area contributed by atoms with E-state index in [0.717, 1.165) is 63.7 Å². The van der Waals surface area contributed by atoms with Crippen LogP contribution in [-0.2, 0) is 6.42 Å². The van der Waals surface area contributed by atoms with Crippen molar-refractivity contribution in [3.05, 3.63) is 48.3 Å². The molecule has 1 N–H and O–H groups in total. The molecule has 7 nitrogen and oxygen atoms in total. The molecule has 0 bridgehead atoms. The topological polar surface area (TPSA) is 64.6 Å². The standard InChI is InChI=1S/C20H26N6O/c27-20(26-12-7-17-5-1-2-6-18(17)26)23-10-4-11-24-13-15-25(16-14-24)19-21-8-3-9-22-19/h1-3,5-6,8-9H,4,7,10-16H2,(H,23,27). The Balaban J connectivity index is 1.16. The fourth-order valence-electron chi connectivity index (χ4n) is 3.77. The number of urea groups is 1. The summed E-state index contributed by atoms with van der Waals surface area (Å²) in [6, 6.07) is 10.0. The summed E-state index contributed by atoms with van der Waals surface area (Å²) in [6.07, 6.45) is 5.48. The molecule has 1 fully saturated rings. The highest BCUT2D eigenvalue weighted by atomic mass is 16.2. The van der Waals surface area contributed by atoms with Crippen LogP contribution in [0.25, 0.3) is 0 Å². The van der Waals surface area contributed by atoms with E-state index >= 15 is 0 Å². The predicted octanol–water partition coefficient (Wildman–Crippen LogP) is 1.76. The van der Waals surface area contributed by atoms with E-state index in [2.05, 4.69) is 31.2 Å². The Labute approximate surface area is 160 Å². The van der Waals surface area contributed by atoms with E-state index in [1.165, 1.54) is 5.56 Å². The summed E-state index contributed by atoms with van der Waals surface area (Å²) in [4.78, 5) is 27.6. The van der Waals surface area contributed by atoms with Gasteiger partial charge in [0.15, 0.2) is 0 Å². The zero-order valence-electron chi connectivity index (χ0n) is 15.5. The number of para-hydroxylation sites is 1. The highest BCUT2D eigenvalue weighted by Gasteiger charge is 2.24. The first-order valence-corrected chi connectivity index (χ1v) is 9.69.